The summed E-state index contributed by atoms with van der Waals surface area (Å²) in [4.78, 5) is 28.4. The van der Waals surface area contributed by atoms with Gasteiger partial charge in [-0.05, 0) is 110 Å². The Morgan fingerprint density at radius 2 is 1.66 bits per heavy atom. The van der Waals surface area contributed by atoms with E-state index in [0.29, 0.717) is 39.0 Å². The molecule has 8 nitrogen and oxygen atoms in total. The normalized spacial score (nSPS) is 18.4. The summed E-state index contributed by atoms with van der Waals surface area (Å²) in [5.74, 6) is 1.77. The summed E-state index contributed by atoms with van der Waals surface area (Å²) in [5, 5.41) is 13.1. The number of hydrogen-bond acceptors (Lipinski definition) is 6. The van der Waals surface area contributed by atoms with Crippen LogP contribution in [-0.4, -0.2) is 42.7 Å². The maximum absolute atomic E-state index is 13.4. The van der Waals surface area contributed by atoms with Crippen molar-refractivity contribution in [2.45, 2.75) is 58.0 Å². The minimum absolute atomic E-state index is 0.108. The minimum atomic E-state index is -0.743. The van der Waals surface area contributed by atoms with Gasteiger partial charge in [0.15, 0.2) is 11.5 Å². The zero-order chi connectivity index (χ0) is 28.7. The van der Waals surface area contributed by atoms with Gasteiger partial charge in [0.25, 0.3) is 0 Å². The number of ether oxygens (including phenoxy) is 2. The summed E-state index contributed by atoms with van der Waals surface area (Å²) in [6, 6.07) is 14.6. The van der Waals surface area contributed by atoms with Gasteiger partial charge in [0.1, 0.15) is 19.0 Å². The Morgan fingerprint density at radius 1 is 0.976 bits per heavy atom. The number of phenols is 1. The third-order valence-corrected chi connectivity index (χ3v) is 8.37. The smallest absolute Gasteiger partial charge is 0.237 e. The quantitative estimate of drug-likeness (QED) is 0.402. The lowest BCUT2D eigenvalue weighted by Gasteiger charge is -2.35. The molecule has 0 saturated heterocycles. The van der Waals surface area contributed by atoms with Crippen molar-refractivity contribution in [1.82, 2.24) is 5.32 Å². The van der Waals surface area contributed by atoms with Gasteiger partial charge >= 0.3 is 0 Å². The van der Waals surface area contributed by atoms with Crippen molar-refractivity contribution >= 4 is 17.5 Å². The summed E-state index contributed by atoms with van der Waals surface area (Å²) >= 11 is 0. The molecule has 2 heterocycles. The van der Waals surface area contributed by atoms with Gasteiger partial charge in [-0.3, -0.25) is 9.59 Å². The monoisotopic (exact) mass is 555 g/mol. The first-order chi connectivity index (χ1) is 19.8. The van der Waals surface area contributed by atoms with Gasteiger partial charge in [-0.15, -0.1) is 0 Å². The molecule has 3 aliphatic rings. The second-order valence-corrected chi connectivity index (χ2v) is 11.5. The van der Waals surface area contributed by atoms with Crippen molar-refractivity contribution in [2.24, 2.45) is 11.7 Å². The van der Waals surface area contributed by atoms with Crippen LogP contribution in [0, 0.1) is 19.8 Å². The number of hydrogen-bond donors (Lipinski definition) is 3. The minimum Gasteiger partial charge on any atom is -0.508 e. The molecular formula is C33H37N3O5. The van der Waals surface area contributed by atoms with Crippen LogP contribution >= 0.6 is 0 Å². The lowest BCUT2D eigenvalue weighted by Crippen LogP contribution is -2.47. The van der Waals surface area contributed by atoms with Crippen LogP contribution in [0.25, 0.3) is 0 Å². The Hall–Kier alpha value is -4.04. The number of amides is 2. The van der Waals surface area contributed by atoms with Gasteiger partial charge < -0.3 is 30.5 Å². The molecule has 2 aliphatic heterocycles. The lowest BCUT2D eigenvalue weighted by molar-refractivity contribution is -0.123. The molecule has 2 amide bonds. The maximum Gasteiger partial charge on any atom is 0.237 e. The highest BCUT2D eigenvalue weighted by atomic mass is 16.6. The fourth-order valence-corrected chi connectivity index (χ4v) is 6.02. The van der Waals surface area contributed by atoms with E-state index in [0.717, 1.165) is 63.4 Å². The number of benzene rings is 3. The zero-order valence-electron chi connectivity index (χ0n) is 23.6. The van der Waals surface area contributed by atoms with E-state index in [9.17, 15) is 14.7 Å². The van der Waals surface area contributed by atoms with E-state index >= 15 is 0 Å². The maximum atomic E-state index is 13.4. The number of carbonyl (C=O) groups is 2. The van der Waals surface area contributed by atoms with Crippen molar-refractivity contribution in [1.29, 1.82) is 0 Å². The fourth-order valence-electron chi connectivity index (χ4n) is 6.02. The predicted octanol–water partition coefficient (Wildman–Crippen LogP) is 4.25. The van der Waals surface area contributed by atoms with Gasteiger partial charge in [-0.25, -0.2) is 0 Å². The summed E-state index contributed by atoms with van der Waals surface area (Å²) in [6.07, 6.45) is 3.56. The molecule has 0 bridgehead atoms. The molecule has 2 atom stereocenters. The number of nitrogens with zero attached hydrogens (tertiary/aromatic N) is 1. The molecule has 0 radical (unpaired) electrons. The van der Waals surface area contributed by atoms with Gasteiger partial charge in [0, 0.05) is 18.2 Å². The lowest BCUT2D eigenvalue weighted by atomic mass is 9.91. The summed E-state index contributed by atoms with van der Waals surface area (Å²) < 4.78 is 11.4. The summed E-state index contributed by atoms with van der Waals surface area (Å²) in [7, 11) is 0. The number of fused-ring (bicyclic) bond motifs is 2. The van der Waals surface area contributed by atoms with Crippen molar-refractivity contribution in [2.75, 3.05) is 24.7 Å². The highest BCUT2D eigenvalue weighted by Crippen LogP contribution is 2.40. The standard InChI is InChI=1S/C33H37N3O5/c1-19-13-24(37)14-20(2)25(19)18-27(34)32(38)35-28-9-10-36(33(39)23-5-6-23)29-7-3-21(16-26(28)29)15-22-4-8-30-31(17-22)41-12-11-40-30/h3-4,7-8,13-14,16-17,23,27-28,37H,5-6,9-12,15,18,34H2,1-2H3,(H,35,38)/t27-,28+/m0/s1. The molecule has 3 aromatic carbocycles. The molecule has 0 spiro atoms. The fraction of sp³-hybridized carbons (Fsp3) is 0.394. The van der Waals surface area contributed by atoms with Crippen LogP contribution in [0.4, 0.5) is 5.69 Å². The average molecular weight is 556 g/mol. The highest BCUT2D eigenvalue weighted by molar-refractivity contribution is 5.98. The first kappa shape index (κ1) is 27.1. The summed E-state index contributed by atoms with van der Waals surface area (Å²) in [5.41, 5.74) is 13.2. The molecule has 8 heteroatoms. The van der Waals surface area contributed by atoms with Crippen molar-refractivity contribution in [3.05, 3.63) is 81.9 Å². The number of aryl methyl sites for hydroxylation is 2. The first-order valence-corrected chi connectivity index (χ1v) is 14.4. The molecule has 6 rings (SSSR count). The molecule has 1 saturated carbocycles. The van der Waals surface area contributed by atoms with Crippen molar-refractivity contribution < 1.29 is 24.2 Å². The Labute approximate surface area is 240 Å². The molecule has 1 aliphatic carbocycles. The highest BCUT2D eigenvalue weighted by Gasteiger charge is 2.38. The molecule has 4 N–H and O–H groups in total. The molecule has 0 aromatic heterocycles. The number of carbonyl (C=O) groups excluding carboxylic acids is 2. The Balaban J connectivity index is 1.24. The SMILES string of the molecule is Cc1cc(O)cc(C)c1C[C@H](N)C(=O)N[C@@H]1CCN(C(=O)C2CC2)c2ccc(Cc3ccc4c(c3)OCCO4)cc21. The second-order valence-electron chi connectivity index (χ2n) is 11.5. The van der Waals surface area contributed by atoms with E-state index in [1.807, 2.05) is 43.0 Å². The molecule has 1 fully saturated rings. The Bertz CT molecular complexity index is 1480. The zero-order valence-corrected chi connectivity index (χ0v) is 23.6. The molecule has 41 heavy (non-hydrogen) atoms. The van der Waals surface area contributed by atoms with Crippen LogP contribution in [0.5, 0.6) is 17.2 Å². The van der Waals surface area contributed by atoms with Crippen LogP contribution < -0.4 is 25.4 Å². The first-order valence-electron chi connectivity index (χ1n) is 14.4. The number of nitrogens with one attached hydrogen (secondary N) is 1. The van der Waals surface area contributed by atoms with Gasteiger partial charge in [0.05, 0.1) is 12.1 Å². The molecular weight excluding hydrogens is 518 g/mol. The number of anilines is 1. The van der Waals surface area contributed by atoms with E-state index < -0.39 is 6.04 Å². The third kappa shape index (κ3) is 5.75. The second kappa shape index (κ2) is 11.1. The van der Waals surface area contributed by atoms with E-state index in [2.05, 4.69) is 17.4 Å². The van der Waals surface area contributed by atoms with Crippen LogP contribution in [-0.2, 0) is 22.4 Å². The van der Waals surface area contributed by atoms with E-state index in [1.165, 1.54) is 0 Å². The van der Waals surface area contributed by atoms with E-state index in [4.69, 9.17) is 15.2 Å². The van der Waals surface area contributed by atoms with Crippen molar-refractivity contribution in [3.8, 4) is 17.2 Å². The van der Waals surface area contributed by atoms with Crippen LogP contribution in [0.3, 0.4) is 0 Å². The number of phenolic OH excluding ortho intramolecular Hbond substituents is 1. The third-order valence-electron chi connectivity index (χ3n) is 8.37. The van der Waals surface area contributed by atoms with Crippen LogP contribution in [0.2, 0.25) is 0 Å². The predicted molar refractivity (Wildman–Crippen MR) is 157 cm³/mol. The largest absolute Gasteiger partial charge is 0.508 e. The van der Waals surface area contributed by atoms with E-state index in [1.54, 1.807) is 12.1 Å². The number of aromatic hydroxyl groups is 1. The number of rotatable bonds is 7. The molecule has 3 aromatic rings. The number of nitrogens with two attached hydrogens (primary N) is 1. The Kier molecular flexibility index (Phi) is 7.34. The summed E-state index contributed by atoms with van der Waals surface area (Å²) in [6.45, 7) is 5.48. The van der Waals surface area contributed by atoms with Gasteiger partial charge in [-0.2, -0.15) is 0 Å². The molecule has 0 unspecified atom stereocenters. The van der Waals surface area contributed by atoms with Crippen LogP contribution in [0.1, 0.15) is 58.7 Å². The average Bonchev–Trinajstić information content (AvgIpc) is 3.80. The Morgan fingerprint density at radius 3 is 2.39 bits per heavy atom. The topological polar surface area (TPSA) is 114 Å². The van der Waals surface area contributed by atoms with Crippen molar-refractivity contribution in [3.63, 3.8) is 0 Å². The van der Waals surface area contributed by atoms with Crippen LogP contribution in [0.15, 0.2) is 48.5 Å². The molecule has 214 valence electrons. The van der Waals surface area contributed by atoms with Gasteiger partial charge in [-0.1, -0.05) is 18.2 Å². The van der Waals surface area contributed by atoms with E-state index in [-0.39, 0.29) is 29.5 Å². The van der Waals surface area contributed by atoms with Gasteiger partial charge in [0.2, 0.25) is 11.8 Å².